The maximum absolute atomic E-state index is 12.2. The molecule has 1 aliphatic heterocycles. The van der Waals surface area contributed by atoms with E-state index in [9.17, 15) is 9.59 Å². The SMILES string of the molecule is Cc1ccc(CCCCN2C(=O)c3ccccc3C2=O)cc1. The first-order chi connectivity index (χ1) is 10.7. The molecule has 22 heavy (non-hydrogen) atoms. The zero-order chi connectivity index (χ0) is 15.5. The average Bonchev–Trinajstić information content (AvgIpc) is 2.78. The third kappa shape index (κ3) is 2.80. The van der Waals surface area contributed by atoms with Gasteiger partial charge in [0.05, 0.1) is 11.1 Å². The molecular formula is C19H19NO2. The summed E-state index contributed by atoms with van der Waals surface area (Å²) in [6.07, 6.45) is 2.78. The molecule has 1 heterocycles. The lowest BCUT2D eigenvalue weighted by atomic mass is 10.1. The van der Waals surface area contributed by atoms with Crippen molar-refractivity contribution >= 4 is 11.8 Å². The summed E-state index contributed by atoms with van der Waals surface area (Å²) < 4.78 is 0. The molecule has 0 aromatic heterocycles. The second kappa shape index (κ2) is 6.14. The van der Waals surface area contributed by atoms with Crippen molar-refractivity contribution in [1.82, 2.24) is 4.90 Å². The molecule has 0 radical (unpaired) electrons. The van der Waals surface area contributed by atoms with Gasteiger partial charge in [-0.05, 0) is 43.9 Å². The summed E-state index contributed by atoms with van der Waals surface area (Å²) in [5.41, 5.74) is 3.62. The van der Waals surface area contributed by atoms with Gasteiger partial charge in [-0.1, -0.05) is 42.0 Å². The monoisotopic (exact) mass is 293 g/mol. The number of hydrogen-bond acceptors (Lipinski definition) is 2. The van der Waals surface area contributed by atoms with Crippen molar-refractivity contribution in [3.8, 4) is 0 Å². The van der Waals surface area contributed by atoms with Crippen LogP contribution in [-0.2, 0) is 6.42 Å². The molecule has 2 aromatic carbocycles. The van der Waals surface area contributed by atoms with Crippen LogP contribution in [0, 0.1) is 6.92 Å². The van der Waals surface area contributed by atoms with E-state index in [0.717, 1.165) is 19.3 Å². The van der Waals surface area contributed by atoms with E-state index in [1.807, 2.05) is 0 Å². The normalized spacial score (nSPS) is 13.6. The second-order valence-electron chi connectivity index (χ2n) is 5.75. The molecule has 112 valence electrons. The van der Waals surface area contributed by atoms with Crippen LogP contribution in [0.4, 0.5) is 0 Å². The lowest BCUT2D eigenvalue weighted by Gasteiger charge is -2.13. The number of hydrogen-bond donors (Lipinski definition) is 0. The van der Waals surface area contributed by atoms with Crippen molar-refractivity contribution < 1.29 is 9.59 Å². The van der Waals surface area contributed by atoms with Gasteiger partial charge in [0.1, 0.15) is 0 Å². The summed E-state index contributed by atoms with van der Waals surface area (Å²) in [5, 5.41) is 0. The Hall–Kier alpha value is -2.42. The lowest BCUT2D eigenvalue weighted by Crippen LogP contribution is -2.30. The summed E-state index contributed by atoms with van der Waals surface area (Å²) >= 11 is 0. The minimum absolute atomic E-state index is 0.157. The summed E-state index contributed by atoms with van der Waals surface area (Å²) in [5.74, 6) is -0.313. The van der Waals surface area contributed by atoms with E-state index in [-0.39, 0.29) is 11.8 Å². The molecule has 0 spiro atoms. The number of fused-ring (bicyclic) bond motifs is 1. The Morgan fingerprint density at radius 2 is 1.41 bits per heavy atom. The van der Waals surface area contributed by atoms with E-state index in [4.69, 9.17) is 0 Å². The van der Waals surface area contributed by atoms with Crippen molar-refractivity contribution in [2.24, 2.45) is 0 Å². The Morgan fingerprint density at radius 1 is 0.818 bits per heavy atom. The number of carbonyl (C=O) groups excluding carboxylic acids is 2. The number of aryl methyl sites for hydroxylation is 2. The number of carbonyl (C=O) groups is 2. The van der Waals surface area contributed by atoms with Crippen molar-refractivity contribution in [2.45, 2.75) is 26.2 Å². The number of benzene rings is 2. The van der Waals surface area contributed by atoms with Crippen LogP contribution in [0.1, 0.15) is 44.7 Å². The maximum atomic E-state index is 12.2. The maximum Gasteiger partial charge on any atom is 0.261 e. The van der Waals surface area contributed by atoms with Gasteiger partial charge in [-0.2, -0.15) is 0 Å². The summed E-state index contributed by atoms with van der Waals surface area (Å²) in [6.45, 7) is 2.57. The molecule has 0 aliphatic carbocycles. The highest BCUT2D eigenvalue weighted by molar-refractivity contribution is 6.21. The molecule has 3 rings (SSSR count). The molecule has 0 bridgehead atoms. The van der Waals surface area contributed by atoms with Crippen LogP contribution >= 0.6 is 0 Å². The molecular weight excluding hydrogens is 274 g/mol. The Labute approximate surface area is 130 Å². The van der Waals surface area contributed by atoms with Gasteiger partial charge in [0.25, 0.3) is 11.8 Å². The van der Waals surface area contributed by atoms with E-state index in [1.54, 1.807) is 24.3 Å². The van der Waals surface area contributed by atoms with E-state index >= 15 is 0 Å². The molecule has 3 nitrogen and oxygen atoms in total. The largest absolute Gasteiger partial charge is 0.274 e. The van der Waals surface area contributed by atoms with Gasteiger partial charge in [0.15, 0.2) is 0 Å². The van der Waals surface area contributed by atoms with E-state index < -0.39 is 0 Å². The highest BCUT2D eigenvalue weighted by Crippen LogP contribution is 2.22. The first-order valence-electron chi connectivity index (χ1n) is 7.67. The number of nitrogens with zero attached hydrogens (tertiary/aromatic N) is 1. The Morgan fingerprint density at radius 3 is 2.00 bits per heavy atom. The van der Waals surface area contributed by atoms with Crippen LogP contribution in [0.2, 0.25) is 0 Å². The third-order valence-corrected chi connectivity index (χ3v) is 4.10. The lowest BCUT2D eigenvalue weighted by molar-refractivity contribution is 0.0652. The fourth-order valence-electron chi connectivity index (χ4n) is 2.80. The summed E-state index contributed by atoms with van der Waals surface area (Å²) in [6, 6.07) is 15.5. The molecule has 2 aromatic rings. The number of amides is 2. The van der Waals surface area contributed by atoms with E-state index in [2.05, 4.69) is 31.2 Å². The van der Waals surface area contributed by atoms with Crippen molar-refractivity contribution in [3.05, 3.63) is 70.8 Å². The average molecular weight is 293 g/mol. The predicted octanol–water partition coefficient (Wildman–Crippen LogP) is 3.61. The van der Waals surface area contributed by atoms with Crippen LogP contribution in [0.3, 0.4) is 0 Å². The van der Waals surface area contributed by atoms with Gasteiger partial charge in [0, 0.05) is 6.54 Å². The van der Waals surface area contributed by atoms with Crippen LogP contribution in [-0.4, -0.2) is 23.3 Å². The topological polar surface area (TPSA) is 37.4 Å². The Kier molecular flexibility index (Phi) is 4.05. The Balaban J connectivity index is 1.54. The number of rotatable bonds is 5. The van der Waals surface area contributed by atoms with Crippen molar-refractivity contribution in [3.63, 3.8) is 0 Å². The van der Waals surface area contributed by atoms with Gasteiger partial charge in [-0.25, -0.2) is 0 Å². The highest BCUT2D eigenvalue weighted by atomic mass is 16.2. The predicted molar refractivity (Wildman–Crippen MR) is 85.9 cm³/mol. The quantitative estimate of drug-likeness (QED) is 0.624. The fourth-order valence-corrected chi connectivity index (χ4v) is 2.80. The smallest absolute Gasteiger partial charge is 0.261 e. The molecule has 0 atom stereocenters. The first-order valence-corrected chi connectivity index (χ1v) is 7.67. The van der Waals surface area contributed by atoms with Crippen LogP contribution in [0.25, 0.3) is 0 Å². The second-order valence-corrected chi connectivity index (χ2v) is 5.75. The van der Waals surface area contributed by atoms with Crippen LogP contribution < -0.4 is 0 Å². The summed E-state index contributed by atoms with van der Waals surface area (Å²) in [7, 11) is 0. The van der Waals surface area contributed by atoms with E-state index in [0.29, 0.717) is 17.7 Å². The minimum Gasteiger partial charge on any atom is -0.274 e. The minimum atomic E-state index is -0.157. The standard InChI is InChI=1S/C19H19NO2/c1-14-9-11-15(12-10-14)6-4-5-13-20-18(21)16-7-2-3-8-17(16)19(20)22/h2-3,7-12H,4-6,13H2,1H3. The molecule has 0 unspecified atom stereocenters. The van der Waals surface area contributed by atoms with Gasteiger partial charge >= 0.3 is 0 Å². The molecule has 0 saturated heterocycles. The molecule has 1 aliphatic rings. The first kappa shape index (κ1) is 14.5. The van der Waals surface area contributed by atoms with Crippen molar-refractivity contribution in [1.29, 1.82) is 0 Å². The molecule has 2 amide bonds. The van der Waals surface area contributed by atoms with Gasteiger partial charge < -0.3 is 0 Å². The molecule has 0 saturated carbocycles. The summed E-state index contributed by atoms with van der Waals surface area (Å²) in [4.78, 5) is 25.8. The molecule has 0 N–H and O–H groups in total. The number of unbranched alkanes of at least 4 members (excludes halogenated alkanes) is 1. The van der Waals surface area contributed by atoms with Crippen LogP contribution in [0.15, 0.2) is 48.5 Å². The van der Waals surface area contributed by atoms with Crippen molar-refractivity contribution in [2.75, 3.05) is 6.54 Å². The third-order valence-electron chi connectivity index (χ3n) is 4.10. The van der Waals surface area contributed by atoms with Gasteiger partial charge in [-0.3, -0.25) is 14.5 Å². The Bertz CT molecular complexity index is 669. The highest BCUT2D eigenvalue weighted by Gasteiger charge is 2.34. The zero-order valence-corrected chi connectivity index (χ0v) is 12.7. The van der Waals surface area contributed by atoms with Gasteiger partial charge in [0.2, 0.25) is 0 Å². The number of imide groups is 1. The molecule has 3 heteroatoms. The van der Waals surface area contributed by atoms with Gasteiger partial charge in [-0.15, -0.1) is 0 Å². The van der Waals surface area contributed by atoms with E-state index in [1.165, 1.54) is 16.0 Å². The molecule has 0 fully saturated rings. The zero-order valence-electron chi connectivity index (χ0n) is 12.7. The van der Waals surface area contributed by atoms with Crippen LogP contribution in [0.5, 0.6) is 0 Å². The fraction of sp³-hybridized carbons (Fsp3) is 0.263.